The van der Waals surface area contributed by atoms with Crippen LogP contribution in [0, 0.1) is 5.41 Å². The fourth-order valence-corrected chi connectivity index (χ4v) is 2.32. The summed E-state index contributed by atoms with van der Waals surface area (Å²) in [6.07, 6.45) is -4.21. The maximum Gasteiger partial charge on any atom is 0.433 e. The molecule has 2 rings (SSSR count). The summed E-state index contributed by atoms with van der Waals surface area (Å²) in [4.78, 5) is 27.9. The van der Waals surface area contributed by atoms with Crippen LogP contribution in [0.3, 0.4) is 0 Å². The van der Waals surface area contributed by atoms with Crippen LogP contribution in [-0.4, -0.2) is 40.1 Å². The van der Waals surface area contributed by atoms with Gasteiger partial charge in [0.2, 0.25) is 0 Å². The van der Waals surface area contributed by atoms with Crippen molar-refractivity contribution in [1.82, 2.24) is 15.2 Å². The van der Waals surface area contributed by atoms with Gasteiger partial charge in [0.05, 0.1) is 17.7 Å². The molecule has 0 aliphatic carbocycles. The van der Waals surface area contributed by atoms with Crippen LogP contribution in [0.5, 0.6) is 0 Å². The Morgan fingerprint density at radius 3 is 2.70 bits per heavy atom. The van der Waals surface area contributed by atoms with Gasteiger partial charge in [0.25, 0.3) is 0 Å². The van der Waals surface area contributed by atoms with Crippen molar-refractivity contribution in [2.45, 2.75) is 26.1 Å². The third kappa shape index (κ3) is 3.91. The zero-order valence-electron chi connectivity index (χ0n) is 12.4. The van der Waals surface area contributed by atoms with Gasteiger partial charge >= 0.3 is 18.2 Å². The predicted octanol–water partition coefficient (Wildman–Crippen LogP) is 2.11. The number of halogens is 3. The average Bonchev–Trinajstić information content (AvgIpc) is 2.88. The first kappa shape index (κ1) is 17.0. The smallest absolute Gasteiger partial charge is 0.433 e. The van der Waals surface area contributed by atoms with E-state index in [0.717, 1.165) is 6.07 Å². The molecule has 23 heavy (non-hydrogen) atoms. The van der Waals surface area contributed by atoms with E-state index in [2.05, 4.69) is 10.3 Å². The molecule has 0 bridgehead atoms. The van der Waals surface area contributed by atoms with E-state index in [1.165, 1.54) is 17.0 Å². The molecule has 6 nitrogen and oxygen atoms in total. The fourth-order valence-electron chi connectivity index (χ4n) is 2.32. The highest BCUT2D eigenvalue weighted by molar-refractivity contribution is 5.79. The Morgan fingerprint density at radius 1 is 1.43 bits per heavy atom. The molecule has 2 heterocycles. The van der Waals surface area contributed by atoms with E-state index in [1.54, 1.807) is 6.92 Å². The highest BCUT2D eigenvalue weighted by Crippen LogP contribution is 2.30. The van der Waals surface area contributed by atoms with Gasteiger partial charge in [0.1, 0.15) is 5.69 Å². The lowest BCUT2D eigenvalue weighted by Crippen LogP contribution is -2.40. The van der Waals surface area contributed by atoms with Crippen molar-refractivity contribution in [3.63, 3.8) is 0 Å². The highest BCUT2D eigenvalue weighted by Gasteiger charge is 2.42. The third-order valence-corrected chi connectivity index (χ3v) is 3.79. The predicted molar refractivity (Wildman–Crippen MR) is 73.4 cm³/mol. The van der Waals surface area contributed by atoms with Gasteiger partial charge in [-0.1, -0.05) is 6.07 Å². The van der Waals surface area contributed by atoms with Crippen molar-refractivity contribution < 1.29 is 27.9 Å². The number of aliphatic carboxylic acids is 1. The topological polar surface area (TPSA) is 82.5 Å². The molecule has 0 saturated carbocycles. The second-order valence-corrected chi connectivity index (χ2v) is 5.71. The number of pyridine rings is 1. The van der Waals surface area contributed by atoms with E-state index in [-0.39, 0.29) is 25.3 Å². The number of carbonyl (C=O) groups excluding carboxylic acids is 1. The molecule has 1 atom stereocenters. The number of nitrogens with one attached hydrogen (secondary N) is 1. The van der Waals surface area contributed by atoms with Gasteiger partial charge in [-0.15, -0.1) is 0 Å². The lowest BCUT2D eigenvalue weighted by molar-refractivity contribution is -0.147. The lowest BCUT2D eigenvalue weighted by atomic mass is 9.90. The van der Waals surface area contributed by atoms with E-state index in [1.807, 2.05) is 0 Å². The molecule has 0 spiro atoms. The number of hydrogen-bond donors (Lipinski definition) is 2. The number of carboxylic acid groups (broad SMARTS) is 1. The minimum atomic E-state index is -4.54. The van der Waals surface area contributed by atoms with Gasteiger partial charge in [-0.05, 0) is 25.5 Å². The number of amides is 2. The number of aromatic nitrogens is 1. The first-order valence-corrected chi connectivity index (χ1v) is 6.91. The maximum absolute atomic E-state index is 12.6. The summed E-state index contributed by atoms with van der Waals surface area (Å²) < 4.78 is 37.7. The lowest BCUT2D eigenvalue weighted by Gasteiger charge is -2.20. The van der Waals surface area contributed by atoms with Crippen LogP contribution in [0.25, 0.3) is 0 Å². The van der Waals surface area contributed by atoms with E-state index in [4.69, 9.17) is 5.11 Å². The summed E-state index contributed by atoms with van der Waals surface area (Å²) in [5.41, 5.74) is -1.94. The molecule has 0 aromatic carbocycles. The Hall–Kier alpha value is -2.32. The van der Waals surface area contributed by atoms with Crippen molar-refractivity contribution in [2.75, 3.05) is 13.1 Å². The minimum Gasteiger partial charge on any atom is -0.481 e. The number of alkyl halides is 3. The molecule has 1 aromatic heterocycles. The van der Waals surface area contributed by atoms with Crippen LogP contribution >= 0.6 is 0 Å². The Morgan fingerprint density at radius 2 is 2.13 bits per heavy atom. The van der Waals surface area contributed by atoms with Crippen LogP contribution in [0.15, 0.2) is 18.2 Å². The number of likely N-dealkylation sites (tertiary alicyclic amines) is 1. The highest BCUT2D eigenvalue weighted by atomic mass is 19.4. The molecule has 9 heteroatoms. The number of carboxylic acids is 1. The van der Waals surface area contributed by atoms with Crippen LogP contribution in [-0.2, 0) is 17.5 Å². The summed E-state index contributed by atoms with van der Waals surface area (Å²) in [7, 11) is 0. The van der Waals surface area contributed by atoms with Gasteiger partial charge in [0, 0.05) is 13.1 Å². The molecule has 1 aliphatic rings. The van der Waals surface area contributed by atoms with Gasteiger partial charge in [-0.3, -0.25) is 4.79 Å². The zero-order chi connectivity index (χ0) is 17.3. The summed E-state index contributed by atoms with van der Waals surface area (Å²) >= 11 is 0. The first-order chi connectivity index (χ1) is 10.6. The molecule has 1 unspecified atom stereocenters. The van der Waals surface area contributed by atoms with E-state index < -0.39 is 29.3 Å². The van der Waals surface area contributed by atoms with Crippen molar-refractivity contribution in [3.8, 4) is 0 Å². The molecule has 2 N–H and O–H groups in total. The number of nitrogens with zero attached hydrogens (tertiary/aromatic N) is 2. The Labute approximate surface area is 130 Å². The molecule has 0 radical (unpaired) electrons. The number of rotatable bonds is 3. The monoisotopic (exact) mass is 331 g/mol. The van der Waals surface area contributed by atoms with E-state index >= 15 is 0 Å². The minimum absolute atomic E-state index is 0.0597. The standard InChI is InChI=1S/C14H16F3N3O3/c1-13(11(21)22)5-6-20(8-13)12(23)18-7-9-3-2-4-10(19-9)14(15,16)17/h2-4H,5-8H2,1H3,(H,18,23)(H,21,22). The van der Waals surface area contributed by atoms with Gasteiger partial charge < -0.3 is 15.3 Å². The number of carbonyl (C=O) groups is 2. The number of urea groups is 1. The fraction of sp³-hybridized carbons (Fsp3) is 0.500. The number of hydrogen-bond acceptors (Lipinski definition) is 3. The van der Waals surface area contributed by atoms with Crippen molar-refractivity contribution in [3.05, 3.63) is 29.6 Å². The molecule has 2 amide bonds. The molecule has 1 aromatic rings. The van der Waals surface area contributed by atoms with Crippen molar-refractivity contribution in [2.24, 2.45) is 5.41 Å². The van der Waals surface area contributed by atoms with Crippen LogP contribution < -0.4 is 5.32 Å². The van der Waals surface area contributed by atoms with E-state index in [9.17, 15) is 22.8 Å². The Kier molecular flexibility index (Phi) is 4.49. The largest absolute Gasteiger partial charge is 0.481 e. The summed E-state index contributed by atoms with van der Waals surface area (Å²) in [6, 6.07) is 2.92. The second kappa shape index (κ2) is 6.05. The summed E-state index contributed by atoms with van der Waals surface area (Å²) in [6.45, 7) is 1.73. The Bertz CT molecular complexity index is 621. The van der Waals surface area contributed by atoms with E-state index in [0.29, 0.717) is 6.42 Å². The second-order valence-electron chi connectivity index (χ2n) is 5.71. The molecule has 1 fully saturated rings. The average molecular weight is 331 g/mol. The van der Waals surface area contributed by atoms with Crippen molar-refractivity contribution in [1.29, 1.82) is 0 Å². The summed E-state index contributed by atoms with van der Waals surface area (Å²) in [5.74, 6) is -0.979. The zero-order valence-corrected chi connectivity index (χ0v) is 12.4. The van der Waals surface area contributed by atoms with Crippen LogP contribution in [0.4, 0.5) is 18.0 Å². The van der Waals surface area contributed by atoms with Crippen molar-refractivity contribution >= 4 is 12.0 Å². The first-order valence-electron chi connectivity index (χ1n) is 6.91. The molecular weight excluding hydrogens is 315 g/mol. The summed E-state index contributed by atoms with van der Waals surface area (Å²) in [5, 5.41) is 11.6. The molecule has 1 saturated heterocycles. The maximum atomic E-state index is 12.6. The Balaban J connectivity index is 1.94. The molecule has 126 valence electrons. The third-order valence-electron chi connectivity index (χ3n) is 3.79. The van der Waals surface area contributed by atoms with Gasteiger partial charge in [-0.2, -0.15) is 13.2 Å². The van der Waals surface area contributed by atoms with Crippen LogP contribution in [0.2, 0.25) is 0 Å². The van der Waals surface area contributed by atoms with Gasteiger partial charge in [-0.25, -0.2) is 9.78 Å². The van der Waals surface area contributed by atoms with Gasteiger partial charge in [0.15, 0.2) is 0 Å². The molecular formula is C14H16F3N3O3. The normalized spacial score (nSPS) is 21.3. The molecule has 1 aliphatic heterocycles. The quantitative estimate of drug-likeness (QED) is 0.889. The SMILES string of the molecule is CC1(C(=O)O)CCN(C(=O)NCc2cccc(C(F)(F)F)n2)C1. The van der Waals surface area contributed by atoms with Crippen LogP contribution in [0.1, 0.15) is 24.7 Å².